The summed E-state index contributed by atoms with van der Waals surface area (Å²) in [4.78, 5) is 30.9. The maximum absolute atomic E-state index is 12.4. The zero-order valence-electron chi connectivity index (χ0n) is 14.3. The summed E-state index contributed by atoms with van der Waals surface area (Å²) in [6, 6.07) is 2.14. The van der Waals surface area contributed by atoms with Gasteiger partial charge in [-0.1, -0.05) is 0 Å². The average Bonchev–Trinajstić information content (AvgIpc) is 3.21. The molecule has 0 saturated carbocycles. The molecule has 0 fully saturated rings. The van der Waals surface area contributed by atoms with Crippen LogP contribution in [0.4, 0.5) is 0 Å². The highest BCUT2D eigenvalue weighted by Crippen LogP contribution is 2.19. The molecule has 0 spiro atoms. The molecule has 3 aromatic rings. The largest absolute Gasteiger partial charge is 0.353 e. The number of hydrogen-bond donors (Lipinski definition) is 1. The molecule has 1 unspecified atom stereocenters. The summed E-state index contributed by atoms with van der Waals surface area (Å²) in [6.45, 7) is 0.403. The minimum Gasteiger partial charge on any atom is -0.353 e. The zero-order valence-corrected chi connectivity index (χ0v) is 15.2. The van der Waals surface area contributed by atoms with E-state index in [1.54, 1.807) is 18.4 Å². The Morgan fingerprint density at radius 2 is 2.24 bits per heavy atom. The van der Waals surface area contributed by atoms with Crippen LogP contribution in [0, 0.1) is 0 Å². The van der Waals surface area contributed by atoms with Crippen molar-refractivity contribution in [1.29, 1.82) is 0 Å². The van der Waals surface area contributed by atoms with Crippen molar-refractivity contribution in [1.82, 2.24) is 29.5 Å². The number of rotatable bonds is 6. The summed E-state index contributed by atoms with van der Waals surface area (Å²) in [5.74, 6) is -0.228. The van der Waals surface area contributed by atoms with Gasteiger partial charge in [0.05, 0.1) is 12.2 Å². The van der Waals surface area contributed by atoms with Crippen LogP contribution in [0.25, 0.3) is 11.0 Å². The second-order valence-corrected chi connectivity index (χ2v) is 6.80. The Hall–Kier alpha value is -2.52. The zero-order chi connectivity index (χ0) is 18.0. The van der Waals surface area contributed by atoms with Gasteiger partial charge in [-0.3, -0.25) is 18.8 Å². The van der Waals surface area contributed by atoms with Crippen LogP contribution in [0.5, 0.6) is 0 Å². The molecule has 1 amide bonds. The van der Waals surface area contributed by atoms with E-state index < -0.39 is 0 Å². The fourth-order valence-electron chi connectivity index (χ4n) is 2.66. The van der Waals surface area contributed by atoms with E-state index in [-0.39, 0.29) is 24.1 Å². The van der Waals surface area contributed by atoms with Gasteiger partial charge in [-0.05, 0) is 36.5 Å². The monoisotopic (exact) mass is 360 g/mol. The third kappa shape index (κ3) is 3.62. The molecule has 0 bridgehead atoms. The Bertz CT molecular complexity index is 928. The minimum atomic E-state index is -0.268. The van der Waals surface area contributed by atoms with E-state index in [0.717, 1.165) is 5.56 Å². The number of carbonyl (C=O) groups is 1. The molecule has 1 atom stereocenters. The normalized spacial score (nSPS) is 12.6. The standard InChI is InChI=1S/C16H20N6O2S/c1-20(2)13(11-4-5-25-9-11)7-17-14(23)8-22-10-18-15-12(16(22)24)6-19-21(15)3/h4-6,9-10,13H,7-8H2,1-3H3,(H,17,23). The number of aryl methyl sites for hydroxylation is 1. The van der Waals surface area contributed by atoms with E-state index in [9.17, 15) is 9.59 Å². The molecule has 3 aromatic heterocycles. The number of thiophene rings is 1. The molecule has 25 heavy (non-hydrogen) atoms. The van der Waals surface area contributed by atoms with E-state index >= 15 is 0 Å². The maximum Gasteiger partial charge on any atom is 0.264 e. The molecule has 0 saturated heterocycles. The lowest BCUT2D eigenvalue weighted by Gasteiger charge is -2.24. The van der Waals surface area contributed by atoms with Crippen molar-refractivity contribution >= 4 is 28.3 Å². The van der Waals surface area contributed by atoms with Gasteiger partial charge in [0.25, 0.3) is 5.56 Å². The Labute approximate surface area is 148 Å². The lowest BCUT2D eigenvalue weighted by Crippen LogP contribution is -2.37. The second-order valence-electron chi connectivity index (χ2n) is 6.02. The first kappa shape index (κ1) is 17.3. The van der Waals surface area contributed by atoms with E-state index in [0.29, 0.717) is 17.6 Å². The number of carbonyl (C=O) groups excluding carboxylic acids is 1. The van der Waals surface area contributed by atoms with Crippen LogP contribution >= 0.6 is 11.3 Å². The van der Waals surface area contributed by atoms with Gasteiger partial charge in [-0.25, -0.2) is 4.98 Å². The first-order valence-electron chi connectivity index (χ1n) is 7.79. The predicted molar refractivity (Wildman–Crippen MR) is 96.5 cm³/mol. The highest BCUT2D eigenvalue weighted by molar-refractivity contribution is 7.07. The summed E-state index contributed by atoms with van der Waals surface area (Å²) >= 11 is 1.63. The van der Waals surface area contributed by atoms with Crippen molar-refractivity contribution in [2.45, 2.75) is 12.6 Å². The summed E-state index contributed by atoms with van der Waals surface area (Å²) in [5, 5.41) is 11.4. The van der Waals surface area contributed by atoms with Gasteiger partial charge in [0.2, 0.25) is 5.91 Å². The van der Waals surface area contributed by atoms with Crippen LogP contribution in [-0.4, -0.2) is 50.8 Å². The van der Waals surface area contributed by atoms with Crippen molar-refractivity contribution in [3.8, 4) is 0 Å². The average molecular weight is 360 g/mol. The fraction of sp³-hybridized carbons (Fsp3) is 0.375. The number of likely N-dealkylation sites (N-methyl/N-ethyl adjacent to an activating group) is 1. The first-order chi connectivity index (χ1) is 12.0. The van der Waals surface area contributed by atoms with Crippen LogP contribution in [-0.2, 0) is 18.4 Å². The van der Waals surface area contributed by atoms with Crippen LogP contribution in [0.15, 0.2) is 34.1 Å². The topological polar surface area (TPSA) is 85.1 Å². The number of hydrogen-bond acceptors (Lipinski definition) is 6. The number of nitrogens with zero attached hydrogens (tertiary/aromatic N) is 5. The Morgan fingerprint density at radius 1 is 1.44 bits per heavy atom. The first-order valence-corrected chi connectivity index (χ1v) is 8.74. The van der Waals surface area contributed by atoms with Crippen molar-refractivity contribution in [2.75, 3.05) is 20.6 Å². The second kappa shape index (κ2) is 7.16. The number of amides is 1. The summed E-state index contributed by atoms with van der Waals surface area (Å²) in [6.07, 6.45) is 2.85. The third-order valence-electron chi connectivity index (χ3n) is 4.08. The minimum absolute atomic E-state index is 0.0690. The Morgan fingerprint density at radius 3 is 2.92 bits per heavy atom. The summed E-state index contributed by atoms with van der Waals surface area (Å²) < 4.78 is 2.83. The lowest BCUT2D eigenvalue weighted by molar-refractivity contribution is -0.121. The number of fused-ring (bicyclic) bond motifs is 1. The van der Waals surface area contributed by atoms with Crippen LogP contribution in [0.2, 0.25) is 0 Å². The molecule has 1 N–H and O–H groups in total. The predicted octanol–water partition coefficient (Wildman–Crippen LogP) is 0.611. The Balaban J connectivity index is 1.68. The molecule has 0 radical (unpaired) electrons. The van der Waals surface area contributed by atoms with E-state index in [1.807, 2.05) is 25.5 Å². The molecule has 0 aromatic carbocycles. The summed E-state index contributed by atoms with van der Waals surface area (Å²) in [5.41, 5.74) is 1.40. The molecular weight excluding hydrogens is 340 g/mol. The maximum atomic E-state index is 12.4. The highest BCUT2D eigenvalue weighted by Gasteiger charge is 2.16. The van der Waals surface area contributed by atoms with Crippen molar-refractivity contribution < 1.29 is 4.79 Å². The fourth-order valence-corrected chi connectivity index (χ4v) is 3.37. The SMILES string of the molecule is CN(C)C(CNC(=O)Cn1cnc2c(cnn2C)c1=O)c1ccsc1. The summed E-state index contributed by atoms with van der Waals surface area (Å²) in [7, 11) is 5.66. The van der Waals surface area contributed by atoms with Gasteiger partial charge < -0.3 is 10.2 Å². The van der Waals surface area contributed by atoms with Crippen molar-refractivity contribution in [2.24, 2.45) is 7.05 Å². The van der Waals surface area contributed by atoms with Crippen LogP contribution in [0.3, 0.4) is 0 Å². The molecule has 9 heteroatoms. The van der Waals surface area contributed by atoms with Crippen LogP contribution < -0.4 is 10.9 Å². The molecule has 132 valence electrons. The van der Waals surface area contributed by atoms with E-state index in [1.165, 1.54) is 21.8 Å². The highest BCUT2D eigenvalue weighted by atomic mass is 32.1. The van der Waals surface area contributed by atoms with E-state index in [2.05, 4.69) is 25.7 Å². The van der Waals surface area contributed by atoms with E-state index in [4.69, 9.17) is 0 Å². The molecule has 0 aliphatic carbocycles. The number of aromatic nitrogens is 4. The van der Waals surface area contributed by atoms with Gasteiger partial charge in [0, 0.05) is 13.6 Å². The van der Waals surface area contributed by atoms with Crippen molar-refractivity contribution in [3.05, 3.63) is 45.3 Å². The molecule has 0 aliphatic rings. The quantitative estimate of drug-likeness (QED) is 0.696. The molecule has 0 aliphatic heterocycles. The molecular formula is C16H20N6O2S. The molecule has 3 rings (SSSR count). The number of nitrogens with one attached hydrogen (secondary N) is 1. The molecule has 3 heterocycles. The van der Waals surface area contributed by atoms with Gasteiger partial charge in [0.1, 0.15) is 18.3 Å². The lowest BCUT2D eigenvalue weighted by atomic mass is 10.1. The van der Waals surface area contributed by atoms with Gasteiger partial charge in [-0.2, -0.15) is 16.4 Å². The van der Waals surface area contributed by atoms with Gasteiger partial charge in [0.15, 0.2) is 5.65 Å². The van der Waals surface area contributed by atoms with Gasteiger partial charge in [-0.15, -0.1) is 0 Å². The van der Waals surface area contributed by atoms with Gasteiger partial charge >= 0.3 is 0 Å². The van der Waals surface area contributed by atoms with Crippen molar-refractivity contribution in [3.63, 3.8) is 0 Å². The Kier molecular flexibility index (Phi) is 4.95. The molecule has 8 nitrogen and oxygen atoms in total. The third-order valence-corrected chi connectivity index (χ3v) is 4.78. The van der Waals surface area contributed by atoms with Crippen LogP contribution in [0.1, 0.15) is 11.6 Å². The smallest absolute Gasteiger partial charge is 0.264 e.